The smallest absolute Gasteiger partial charge is 0.225 e. The summed E-state index contributed by atoms with van der Waals surface area (Å²) in [5.41, 5.74) is 0. The van der Waals surface area contributed by atoms with Crippen molar-refractivity contribution in [1.29, 1.82) is 0 Å². The number of hydrogen-bond acceptors (Lipinski definition) is 6. The summed E-state index contributed by atoms with van der Waals surface area (Å²) in [6.45, 7) is 7.52. The molecule has 0 fully saturated rings. The monoisotopic (exact) mass is 268 g/mol. The van der Waals surface area contributed by atoms with Gasteiger partial charge in [-0.1, -0.05) is 17.4 Å². The maximum absolute atomic E-state index is 11.4. The number of nitrogens with zero attached hydrogens (tertiary/aromatic N) is 3. The van der Waals surface area contributed by atoms with Crippen molar-refractivity contribution in [1.82, 2.24) is 10.2 Å². The molecule has 1 aromatic heterocycles. The van der Waals surface area contributed by atoms with E-state index in [4.69, 9.17) is 0 Å². The zero-order valence-corrected chi connectivity index (χ0v) is 11.3. The summed E-state index contributed by atoms with van der Waals surface area (Å²) >= 11 is 1.27. The average molecular weight is 268 g/mol. The highest BCUT2D eigenvalue weighted by Crippen LogP contribution is 2.23. The Morgan fingerprint density at radius 2 is 2.17 bits per heavy atom. The van der Waals surface area contributed by atoms with Gasteiger partial charge in [0.2, 0.25) is 16.2 Å². The number of hydrogen-bond donors (Lipinski definition) is 1. The molecule has 0 unspecified atom stereocenters. The highest BCUT2D eigenvalue weighted by atomic mass is 32.1. The van der Waals surface area contributed by atoms with Crippen LogP contribution in [0, 0.1) is 0 Å². The number of carbonyl (C=O) groups is 2. The molecule has 1 N–H and O–H groups in total. The van der Waals surface area contributed by atoms with E-state index in [2.05, 4.69) is 22.1 Å². The average Bonchev–Trinajstić information content (AvgIpc) is 2.73. The van der Waals surface area contributed by atoms with Crippen molar-refractivity contribution < 1.29 is 9.59 Å². The predicted molar refractivity (Wildman–Crippen MR) is 71.9 cm³/mol. The topological polar surface area (TPSA) is 75.2 Å². The number of aromatic nitrogens is 2. The number of nitrogens with one attached hydrogen (secondary N) is 1. The molecule has 0 aromatic carbocycles. The van der Waals surface area contributed by atoms with E-state index in [1.54, 1.807) is 6.08 Å². The third-order valence-corrected chi connectivity index (χ3v) is 2.99. The Kier molecular flexibility index (Phi) is 5.44. The van der Waals surface area contributed by atoms with Crippen LogP contribution in [0.25, 0.3) is 0 Å². The standard InChI is InChI=1S/C11H16N4O2S/c1-4-7-15(9(3)17)11-14-13-10(18-11)12-6-5-8(2)16/h4H,1,5-7H2,2-3H3,(H,12,13). The van der Waals surface area contributed by atoms with E-state index in [0.717, 1.165) is 0 Å². The van der Waals surface area contributed by atoms with Crippen molar-refractivity contribution >= 4 is 33.3 Å². The molecule has 1 amide bonds. The number of carbonyl (C=O) groups excluding carboxylic acids is 2. The van der Waals surface area contributed by atoms with E-state index in [9.17, 15) is 9.59 Å². The quantitative estimate of drug-likeness (QED) is 0.758. The molecule has 0 spiro atoms. The van der Waals surface area contributed by atoms with Crippen LogP contribution in [0.5, 0.6) is 0 Å². The predicted octanol–water partition coefficient (Wildman–Crippen LogP) is 1.47. The van der Waals surface area contributed by atoms with Crippen LogP contribution in [0.1, 0.15) is 20.3 Å². The van der Waals surface area contributed by atoms with Gasteiger partial charge < -0.3 is 5.32 Å². The number of ketones is 1. The van der Waals surface area contributed by atoms with E-state index in [1.807, 2.05) is 0 Å². The van der Waals surface area contributed by atoms with E-state index < -0.39 is 0 Å². The molecule has 0 aliphatic rings. The van der Waals surface area contributed by atoms with E-state index >= 15 is 0 Å². The lowest BCUT2D eigenvalue weighted by atomic mass is 10.3. The lowest BCUT2D eigenvalue weighted by molar-refractivity contribution is -0.117. The minimum atomic E-state index is -0.110. The normalized spacial score (nSPS) is 9.89. The molecule has 0 saturated carbocycles. The second-order valence-corrected chi connectivity index (χ2v) is 4.64. The van der Waals surface area contributed by atoms with E-state index in [1.165, 1.54) is 30.1 Å². The summed E-state index contributed by atoms with van der Waals surface area (Å²) < 4.78 is 0. The van der Waals surface area contributed by atoms with Crippen LogP contribution in [0.3, 0.4) is 0 Å². The molecule has 98 valence electrons. The first-order valence-electron chi connectivity index (χ1n) is 5.50. The van der Waals surface area contributed by atoms with Crippen LogP contribution in [0.2, 0.25) is 0 Å². The fourth-order valence-corrected chi connectivity index (χ4v) is 2.04. The SMILES string of the molecule is C=CCN(C(C)=O)c1nnc(NCCC(C)=O)s1. The molecule has 1 heterocycles. The van der Waals surface area contributed by atoms with Crippen LogP contribution >= 0.6 is 11.3 Å². The Labute approximate surface area is 110 Å². The fourth-order valence-electron chi connectivity index (χ4n) is 1.21. The third kappa shape index (κ3) is 4.25. The van der Waals surface area contributed by atoms with Crippen molar-refractivity contribution in [2.24, 2.45) is 0 Å². The molecule has 0 radical (unpaired) electrons. The lowest BCUT2D eigenvalue weighted by Gasteiger charge is -2.13. The second-order valence-electron chi connectivity index (χ2n) is 3.69. The summed E-state index contributed by atoms with van der Waals surface area (Å²) in [5.74, 6) is 0.00518. The lowest BCUT2D eigenvalue weighted by Crippen LogP contribution is -2.28. The van der Waals surface area contributed by atoms with Crippen molar-refractivity contribution in [2.75, 3.05) is 23.3 Å². The maximum Gasteiger partial charge on any atom is 0.225 e. The van der Waals surface area contributed by atoms with Gasteiger partial charge in [0.05, 0.1) is 0 Å². The first-order valence-corrected chi connectivity index (χ1v) is 6.32. The Hall–Kier alpha value is -1.76. The number of Topliss-reactive ketones (excluding diaryl/α,β-unsaturated/α-hetero) is 1. The molecule has 0 bridgehead atoms. The molecule has 0 saturated heterocycles. The van der Waals surface area contributed by atoms with Gasteiger partial charge in [0.1, 0.15) is 5.78 Å². The van der Waals surface area contributed by atoms with Crippen molar-refractivity contribution in [3.8, 4) is 0 Å². The van der Waals surface area contributed by atoms with Crippen LogP contribution in [0.15, 0.2) is 12.7 Å². The molecule has 1 rings (SSSR count). The van der Waals surface area contributed by atoms with Gasteiger partial charge in [-0.15, -0.1) is 16.8 Å². The molecule has 0 atom stereocenters. The van der Waals surface area contributed by atoms with E-state index in [0.29, 0.717) is 29.8 Å². The maximum atomic E-state index is 11.4. The Morgan fingerprint density at radius 3 is 2.72 bits per heavy atom. The van der Waals surface area contributed by atoms with Crippen molar-refractivity contribution in [2.45, 2.75) is 20.3 Å². The molecule has 18 heavy (non-hydrogen) atoms. The minimum Gasteiger partial charge on any atom is -0.360 e. The highest BCUT2D eigenvalue weighted by Gasteiger charge is 2.15. The molecule has 7 heteroatoms. The Balaban J connectivity index is 2.63. The van der Waals surface area contributed by atoms with Gasteiger partial charge in [-0.3, -0.25) is 14.5 Å². The van der Waals surface area contributed by atoms with Gasteiger partial charge in [-0.2, -0.15) is 0 Å². The second kappa shape index (κ2) is 6.85. The van der Waals surface area contributed by atoms with Crippen LogP contribution in [0.4, 0.5) is 10.3 Å². The first-order chi connectivity index (χ1) is 8.54. The largest absolute Gasteiger partial charge is 0.360 e. The van der Waals surface area contributed by atoms with Crippen LogP contribution < -0.4 is 10.2 Å². The minimum absolute atomic E-state index is 0.110. The zero-order valence-electron chi connectivity index (χ0n) is 10.5. The van der Waals surface area contributed by atoms with Gasteiger partial charge in [-0.25, -0.2) is 0 Å². The van der Waals surface area contributed by atoms with Gasteiger partial charge >= 0.3 is 0 Å². The van der Waals surface area contributed by atoms with Crippen molar-refractivity contribution in [3.05, 3.63) is 12.7 Å². The summed E-state index contributed by atoms with van der Waals surface area (Å²) in [7, 11) is 0. The molecular formula is C11H16N4O2S. The number of anilines is 2. The summed E-state index contributed by atoms with van der Waals surface area (Å²) in [5, 5.41) is 12.0. The summed E-state index contributed by atoms with van der Waals surface area (Å²) in [4.78, 5) is 23.7. The van der Waals surface area contributed by atoms with E-state index in [-0.39, 0.29) is 11.7 Å². The van der Waals surface area contributed by atoms with Crippen LogP contribution in [-0.4, -0.2) is 35.0 Å². The van der Waals surface area contributed by atoms with Crippen LogP contribution in [-0.2, 0) is 9.59 Å². The Bertz CT molecular complexity index is 444. The van der Waals surface area contributed by atoms with Gasteiger partial charge in [0, 0.05) is 26.4 Å². The van der Waals surface area contributed by atoms with Gasteiger partial charge in [0.25, 0.3) is 0 Å². The van der Waals surface area contributed by atoms with Gasteiger partial charge in [0.15, 0.2) is 0 Å². The molecular weight excluding hydrogens is 252 g/mol. The fraction of sp³-hybridized carbons (Fsp3) is 0.455. The molecule has 0 aliphatic carbocycles. The summed E-state index contributed by atoms with van der Waals surface area (Å²) in [6.07, 6.45) is 2.07. The summed E-state index contributed by atoms with van der Waals surface area (Å²) in [6, 6.07) is 0. The third-order valence-electron chi connectivity index (χ3n) is 2.09. The number of amides is 1. The zero-order chi connectivity index (χ0) is 13.5. The molecule has 1 aromatic rings. The van der Waals surface area contributed by atoms with Crippen molar-refractivity contribution in [3.63, 3.8) is 0 Å². The highest BCUT2D eigenvalue weighted by molar-refractivity contribution is 7.19. The first kappa shape index (κ1) is 14.3. The Morgan fingerprint density at radius 1 is 1.44 bits per heavy atom. The van der Waals surface area contributed by atoms with Gasteiger partial charge in [-0.05, 0) is 6.92 Å². The molecule has 6 nitrogen and oxygen atoms in total. The number of rotatable bonds is 7. The molecule has 0 aliphatic heterocycles.